The molecule has 1 aromatic carbocycles. The van der Waals surface area contributed by atoms with Gasteiger partial charge in [0.2, 0.25) is 0 Å². The molecule has 6 heteroatoms. The van der Waals surface area contributed by atoms with Gasteiger partial charge in [0.15, 0.2) is 5.96 Å². The zero-order chi connectivity index (χ0) is 19.0. The fourth-order valence-electron chi connectivity index (χ4n) is 2.21. The minimum Gasteiger partial charge on any atom is -0.381 e. The molecule has 0 saturated carbocycles. The Labute approximate surface area is 157 Å². The third kappa shape index (κ3) is 10.7. The Morgan fingerprint density at radius 3 is 2.50 bits per heavy atom. The van der Waals surface area contributed by atoms with Crippen LogP contribution in [0.15, 0.2) is 35.3 Å². The van der Waals surface area contributed by atoms with Gasteiger partial charge in [-0.3, -0.25) is 9.79 Å². The third-order valence-corrected chi connectivity index (χ3v) is 3.48. The minimum absolute atomic E-state index is 0.0407. The number of ether oxygens (including phenoxy) is 1. The average molecular weight is 363 g/mol. The number of aliphatic imine (C=N–C) groups is 1. The second kappa shape index (κ2) is 14.1. The predicted octanol–water partition coefficient (Wildman–Crippen LogP) is 2.42. The summed E-state index contributed by atoms with van der Waals surface area (Å²) in [5.74, 6) is 1.34. The van der Waals surface area contributed by atoms with Crippen LogP contribution in [-0.4, -0.2) is 51.3 Å². The summed E-state index contributed by atoms with van der Waals surface area (Å²) in [5, 5.41) is 9.45. The molecule has 0 radical (unpaired) electrons. The Hall–Kier alpha value is -2.08. The van der Waals surface area contributed by atoms with E-state index in [1.807, 2.05) is 37.3 Å². The smallest absolute Gasteiger partial charge is 0.251 e. The first-order chi connectivity index (χ1) is 12.6. The van der Waals surface area contributed by atoms with Gasteiger partial charge in [-0.1, -0.05) is 32.0 Å². The first-order valence-electron chi connectivity index (χ1n) is 9.56. The Kier molecular flexibility index (Phi) is 11.9. The molecular weight excluding hydrogens is 328 g/mol. The maximum Gasteiger partial charge on any atom is 0.251 e. The Morgan fingerprint density at radius 2 is 1.81 bits per heavy atom. The molecule has 1 amide bonds. The number of nitrogens with one attached hydrogen (secondary N) is 3. The molecule has 0 bridgehead atoms. The molecule has 1 aromatic rings. The Balaban J connectivity index is 2.17. The summed E-state index contributed by atoms with van der Waals surface area (Å²) in [6.07, 6.45) is 1.75. The number of carbonyl (C=O) groups is 1. The number of guanidine groups is 1. The van der Waals surface area contributed by atoms with Gasteiger partial charge in [0, 0.05) is 45.0 Å². The maximum absolute atomic E-state index is 11.9. The van der Waals surface area contributed by atoms with Crippen LogP contribution in [0.5, 0.6) is 0 Å². The summed E-state index contributed by atoms with van der Waals surface area (Å²) >= 11 is 0. The molecule has 0 unspecified atom stereocenters. The van der Waals surface area contributed by atoms with Gasteiger partial charge in [-0.2, -0.15) is 0 Å². The number of hydrogen-bond donors (Lipinski definition) is 3. The molecule has 0 aliphatic carbocycles. The standard InChI is InChI=1S/C20H34N4O2/c1-4-21-20(24-14-9-15-26-16-17(2)3)23-13-8-12-22-19(25)18-10-6-5-7-11-18/h5-7,10-11,17H,4,8-9,12-16H2,1-3H3,(H,22,25)(H2,21,23,24). The molecule has 0 aliphatic heterocycles. The molecule has 6 nitrogen and oxygen atoms in total. The van der Waals surface area contributed by atoms with E-state index < -0.39 is 0 Å². The van der Waals surface area contributed by atoms with E-state index in [2.05, 4.69) is 34.8 Å². The topological polar surface area (TPSA) is 74.8 Å². The van der Waals surface area contributed by atoms with Gasteiger partial charge in [-0.05, 0) is 37.8 Å². The lowest BCUT2D eigenvalue weighted by Crippen LogP contribution is -2.38. The molecule has 0 aromatic heterocycles. The highest BCUT2D eigenvalue weighted by Gasteiger charge is 2.03. The van der Waals surface area contributed by atoms with Crippen molar-refractivity contribution in [3.8, 4) is 0 Å². The van der Waals surface area contributed by atoms with Crippen LogP contribution in [0.3, 0.4) is 0 Å². The van der Waals surface area contributed by atoms with E-state index in [4.69, 9.17) is 4.74 Å². The van der Waals surface area contributed by atoms with Gasteiger partial charge in [0.1, 0.15) is 0 Å². The molecule has 26 heavy (non-hydrogen) atoms. The van der Waals surface area contributed by atoms with Gasteiger partial charge >= 0.3 is 0 Å². The third-order valence-electron chi connectivity index (χ3n) is 3.48. The van der Waals surface area contributed by atoms with E-state index in [0.29, 0.717) is 24.6 Å². The van der Waals surface area contributed by atoms with E-state index in [1.54, 1.807) is 0 Å². The van der Waals surface area contributed by atoms with Crippen LogP contribution in [0, 0.1) is 5.92 Å². The molecule has 0 aliphatic rings. The van der Waals surface area contributed by atoms with Crippen molar-refractivity contribution in [3.05, 3.63) is 35.9 Å². The van der Waals surface area contributed by atoms with Gasteiger partial charge in [-0.15, -0.1) is 0 Å². The van der Waals surface area contributed by atoms with Crippen molar-refractivity contribution in [2.45, 2.75) is 33.6 Å². The van der Waals surface area contributed by atoms with E-state index in [1.165, 1.54) is 0 Å². The molecule has 146 valence electrons. The quantitative estimate of drug-likeness (QED) is 0.303. The second-order valence-corrected chi connectivity index (χ2v) is 6.49. The zero-order valence-corrected chi connectivity index (χ0v) is 16.4. The summed E-state index contributed by atoms with van der Waals surface area (Å²) < 4.78 is 5.57. The first-order valence-corrected chi connectivity index (χ1v) is 9.56. The largest absolute Gasteiger partial charge is 0.381 e. The molecule has 0 heterocycles. The monoisotopic (exact) mass is 362 g/mol. The first kappa shape index (κ1) is 22.0. The second-order valence-electron chi connectivity index (χ2n) is 6.49. The van der Waals surface area contributed by atoms with E-state index in [-0.39, 0.29) is 5.91 Å². The summed E-state index contributed by atoms with van der Waals surface area (Å²) in [7, 11) is 0. The number of hydrogen-bond acceptors (Lipinski definition) is 3. The summed E-state index contributed by atoms with van der Waals surface area (Å²) in [5.41, 5.74) is 0.686. The number of carbonyl (C=O) groups excluding carboxylic acids is 1. The van der Waals surface area contributed by atoms with Crippen LogP contribution >= 0.6 is 0 Å². The van der Waals surface area contributed by atoms with Crippen molar-refractivity contribution in [2.75, 3.05) is 39.4 Å². The highest BCUT2D eigenvalue weighted by Crippen LogP contribution is 1.97. The van der Waals surface area contributed by atoms with Crippen LogP contribution in [0.2, 0.25) is 0 Å². The average Bonchev–Trinajstić information content (AvgIpc) is 2.64. The molecule has 0 saturated heterocycles. The van der Waals surface area contributed by atoms with Crippen molar-refractivity contribution in [3.63, 3.8) is 0 Å². The lowest BCUT2D eigenvalue weighted by Gasteiger charge is -2.12. The normalized spacial score (nSPS) is 11.5. The van der Waals surface area contributed by atoms with Gasteiger partial charge in [0.25, 0.3) is 5.91 Å². The fraction of sp³-hybridized carbons (Fsp3) is 0.600. The number of nitrogens with zero attached hydrogens (tertiary/aromatic N) is 1. The van der Waals surface area contributed by atoms with Crippen molar-refractivity contribution in [1.82, 2.24) is 16.0 Å². The van der Waals surface area contributed by atoms with Crippen molar-refractivity contribution >= 4 is 11.9 Å². The van der Waals surface area contributed by atoms with Crippen molar-refractivity contribution in [2.24, 2.45) is 10.9 Å². The van der Waals surface area contributed by atoms with E-state index in [9.17, 15) is 4.79 Å². The molecule has 0 spiro atoms. The zero-order valence-electron chi connectivity index (χ0n) is 16.4. The molecule has 0 fully saturated rings. The highest BCUT2D eigenvalue weighted by molar-refractivity contribution is 5.94. The Bertz CT molecular complexity index is 518. The van der Waals surface area contributed by atoms with Gasteiger partial charge in [0.05, 0.1) is 0 Å². The van der Waals surface area contributed by atoms with Crippen LogP contribution < -0.4 is 16.0 Å². The van der Waals surface area contributed by atoms with Crippen LogP contribution in [0.4, 0.5) is 0 Å². The Morgan fingerprint density at radius 1 is 1.08 bits per heavy atom. The molecule has 0 atom stereocenters. The molecule has 1 rings (SSSR count). The fourth-order valence-corrected chi connectivity index (χ4v) is 2.21. The van der Waals surface area contributed by atoms with Crippen LogP contribution in [0.1, 0.15) is 44.0 Å². The van der Waals surface area contributed by atoms with Gasteiger partial charge in [-0.25, -0.2) is 0 Å². The summed E-state index contributed by atoms with van der Waals surface area (Å²) in [6.45, 7) is 10.8. The molecular formula is C20H34N4O2. The predicted molar refractivity (Wildman–Crippen MR) is 108 cm³/mol. The number of amides is 1. The number of benzene rings is 1. The lowest BCUT2D eigenvalue weighted by atomic mass is 10.2. The highest BCUT2D eigenvalue weighted by atomic mass is 16.5. The SMILES string of the molecule is CCNC(=NCCCNC(=O)c1ccccc1)NCCCOCC(C)C. The van der Waals surface area contributed by atoms with Crippen molar-refractivity contribution < 1.29 is 9.53 Å². The molecule has 3 N–H and O–H groups in total. The van der Waals surface area contributed by atoms with Crippen LogP contribution in [0.25, 0.3) is 0 Å². The maximum atomic E-state index is 11.9. The van der Waals surface area contributed by atoms with Gasteiger partial charge < -0.3 is 20.7 Å². The summed E-state index contributed by atoms with van der Waals surface area (Å²) in [4.78, 5) is 16.5. The summed E-state index contributed by atoms with van der Waals surface area (Å²) in [6, 6.07) is 9.25. The lowest BCUT2D eigenvalue weighted by molar-refractivity contribution is 0.0953. The van der Waals surface area contributed by atoms with E-state index >= 15 is 0 Å². The van der Waals surface area contributed by atoms with Crippen LogP contribution in [-0.2, 0) is 4.74 Å². The number of rotatable bonds is 12. The van der Waals surface area contributed by atoms with E-state index in [0.717, 1.165) is 45.1 Å². The minimum atomic E-state index is -0.0407. The van der Waals surface area contributed by atoms with Crippen molar-refractivity contribution in [1.29, 1.82) is 0 Å².